The van der Waals surface area contributed by atoms with E-state index in [2.05, 4.69) is 5.32 Å². The summed E-state index contributed by atoms with van der Waals surface area (Å²) >= 11 is 0. The van der Waals surface area contributed by atoms with E-state index in [1.54, 1.807) is 7.11 Å². The Morgan fingerprint density at radius 2 is 2.21 bits per heavy atom. The monoisotopic (exact) mass is 203 g/mol. The molecule has 0 saturated carbocycles. The molecule has 1 aliphatic rings. The maximum Gasteiger partial charge on any atom is 0.115 e. The molecule has 14 heavy (non-hydrogen) atoms. The minimum atomic E-state index is -0.970. The number of methoxy groups -OCH3 is 1. The predicted molar refractivity (Wildman–Crippen MR) is 56.2 cm³/mol. The minimum Gasteiger partial charge on any atom is -0.385 e. The van der Waals surface area contributed by atoms with Crippen LogP contribution in [0, 0.1) is 5.92 Å². The van der Waals surface area contributed by atoms with Gasteiger partial charge in [-0.1, -0.05) is 6.92 Å². The van der Waals surface area contributed by atoms with Gasteiger partial charge in [-0.05, 0) is 44.7 Å². The van der Waals surface area contributed by atoms with Crippen LogP contribution in [0.2, 0.25) is 0 Å². The third kappa shape index (κ3) is 3.21. The molecular weight excluding hydrogens is 181 g/mol. The van der Waals surface area contributed by atoms with Crippen LogP contribution in [0.3, 0.4) is 0 Å². The van der Waals surface area contributed by atoms with E-state index in [4.69, 9.17) is 4.74 Å². The Labute approximate surface area is 86.2 Å². The van der Waals surface area contributed by atoms with Gasteiger partial charge in [0.15, 0.2) is 0 Å². The Hall–Kier alpha value is -0.150. The second kappa shape index (κ2) is 5.66. The van der Waals surface area contributed by atoms with Crippen LogP contribution in [0.5, 0.6) is 0 Å². The highest BCUT2D eigenvalue weighted by molar-refractivity contribution is 4.87. The molecule has 1 N–H and O–H groups in total. The van der Waals surface area contributed by atoms with Crippen LogP contribution < -0.4 is 5.32 Å². The Bertz CT molecular complexity index is 155. The average molecular weight is 203 g/mol. The molecule has 0 aromatic carbocycles. The van der Waals surface area contributed by atoms with Crippen molar-refractivity contribution in [1.29, 1.82) is 0 Å². The van der Waals surface area contributed by atoms with Gasteiger partial charge in [-0.3, -0.25) is 0 Å². The maximum absolute atomic E-state index is 14.5. The lowest BCUT2D eigenvalue weighted by atomic mass is 9.82. The fourth-order valence-electron chi connectivity index (χ4n) is 2.10. The second-order valence-electron chi connectivity index (χ2n) is 4.32. The van der Waals surface area contributed by atoms with Crippen LogP contribution in [0.15, 0.2) is 0 Å². The van der Waals surface area contributed by atoms with Gasteiger partial charge in [0, 0.05) is 13.7 Å². The zero-order valence-electron chi connectivity index (χ0n) is 9.31. The summed E-state index contributed by atoms with van der Waals surface area (Å²) in [7, 11) is 1.67. The number of alkyl halides is 1. The van der Waals surface area contributed by atoms with Gasteiger partial charge in [-0.25, -0.2) is 4.39 Å². The van der Waals surface area contributed by atoms with Crippen LogP contribution in [-0.4, -0.2) is 32.5 Å². The molecule has 0 bridgehead atoms. The van der Waals surface area contributed by atoms with Crippen LogP contribution in [0.4, 0.5) is 4.39 Å². The zero-order chi connectivity index (χ0) is 10.4. The maximum atomic E-state index is 14.5. The van der Waals surface area contributed by atoms with Crippen molar-refractivity contribution in [3.63, 3.8) is 0 Å². The standard InChI is InChI=1S/C11H22FNO/c1-10(4-9-14-2)11(12)5-3-7-13-8-6-11/h10,13H,3-9H2,1-2H3. The molecule has 2 atom stereocenters. The average Bonchev–Trinajstić information content (AvgIpc) is 2.40. The quantitative estimate of drug-likeness (QED) is 0.756. The highest BCUT2D eigenvalue weighted by Crippen LogP contribution is 2.34. The fourth-order valence-corrected chi connectivity index (χ4v) is 2.10. The van der Waals surface area contributed by atoms with E-state index < -0.39 is 5.67 Å². The predicted octanol–water partition coefficient (Wildman–Crippen LogP) is 2.14. The molecule has 2 nitrogen and oxygen atoms in total. The third-order valence-corrected chi connectivity index (χ3v) is 3.30. The molecule has 3 heteroatoms. The molecule has 0 spiro atoms. The van der Waals surface area contributed by atoms with Gasteiger partial charge >= 0.3 is 0 Å². The smallest absolute Gasteiger partial charge is 0.115 e. The largest absolute Gasteiger partial charge is 0.385 e. The normalized spacial score (nSPS) is 31.1. The van der Waals surface area contributed by atoms with E-state index in [-0.39, 0.29) is 5.92 Å². The van der Waals surface area contributed by atoms with E-state index in [9.17, 15) is 4.39 Å². The molecule has 1 saturated heterocycles. The summed E-state index contributed by atoms with van der Waals surface area (Å²) in [6.45, 7) is 4.45. The first-order valence-corrected chi connectivity index (χ1v) is 5.57. The number of ether oxygens (including phenoxy) is 1. The molecule has 0 aliphatic carbocycles. The van der Waals surface area contributed by atoms with Gasteiger partial charge in [0.1, 0.15) is 5.67 Å². The summed E-state index contributed by atoms with van der Waals surface area (Å²) in [6.07, 6.45) is 3.13. The Balaban J connectivity index is 2.43. The van der Waals surface area contributed by atoms with Gasteiger partial charge in [0.25, 0.3) is 0 Å². The van der Waals surface area contributed by atoms with Crippen LogP contribution in [-0.2, 0) is 4.74 Å². The topological polar surface area (TPSA) is 21.3 Å². The van der Waals surface area contributed by atoms with Crippen molar-refractivity contribution in [2.75, 3.05) is 26.8 Å². The number of hydrogen-bond donors (Lipinski definition) is 1. The van der Waals surface area contributed by atoms with Crippen molar-refractivity contribution in [2.45, 2.75) is 38.3 Å². The number of halogens is 1. The SMILES string of the molecule is COCCC(C)C1(F)CCCNCC1. The second-order valence-corrected chi connectivity index (χ2v) is 4.32. The first-order chi connectivity index (χ1) is 6.69. The van der Waals surface area contributed by atoms with Crippen molar-refractivity contribution in [3.8, 4) is 0 Å². The highest BCUT2D eigenvalue weighted by atomic mass is 19.1. The van der Waals surface area contributed by atoms with Crippen molar-refractivity contribution < 1.29 is 9.13 Å². The van der Waals surface area contributed by atoms with E-state index in [0.29, 0.717) is 19.4 Å². The van der Waals surface area contributed by atoms with E-state index in [1.807, 2.05) is 6.92 Å². The summed E-state index contributed by atoms with van der Waals surface area (Å²) in [6, 6.07) is 0. The van der Waals surface area contributed by atoms with Crippen LogP contribution >= 0.6 is 0 Å². The summed E-state index contributed by atoms with van der Waals surface area (Å²) in [5.41, 5.74) is -0.970. The molecule has 1 aliphatic heterocycles. The summed E-state index contributed by atoms with van der Waals surface area (Å²) in [5, 5.41) is 3.24. The molecule has 84 valence electrons. The third-order valence-electron chi connectivity index (χ3n) is 3.30. The van der Waals surface area contributed by atoms with E-state index in [1.165, 1.54) is 0 Å². The first kappa shape index (κ1) is 11.9. The Kier molecular flexibility index (Phi) is 4.82. The lowest BCUT2D eigenvalue weighted by Gasteiger charge is -2.30. The minimum absolute atomic E-state index is 0.113. The van der Waals surface area contributed by atoms with Gasteiger partial charge < -0.3 is 10.1 Å². The van der Waals surface area contributed by atoms with E-state index in [0.717, 1.165) is 25.9 Å². The Morgan fingerprint density at radius 1 is 1.43 bits per heavy atom. The zero-order valence-corrected chi connectivity index (χ0v) is 9.31. The first-order valence-electron chi connectivity index (χ1n) is 5.57. The van der Waals surface area contributed by atoms with Gasteiger partial charge in [0.05, 0.1) is 0 Å². The van der Waals surface area contributed by atoms with E-state index >= 15 is 0 Å². The van der Waals surface area contributed by atoms with Gasteiger partial charge in [-0.2, -0.15) is 0 Å². The molecule has 1 fully saturated rings. The number of rotatable bonds is 4. The summed E-state index contributed by atoms with van der Waals surface area (Å²) in [5.74, 6) is 0.113. The molecule has 1 heterocycles. The lowest BCUT2D eigenvalue weighted by Crippen LogP contribution is -2.33. The number of nitrogens with one attached hydrogen (secondary N) is 1. The Morgan fingerprint density at radius 3 is 2.93 bits per heavy atom. The molecule has 0 radical (unpaired) electrons. The summed E-state index contributed by atoms with van der Waals surface area (Å²) in [4.78, 5) is 0. The molecule has 0 aromatic heterocycles. The van der Waals surface area contributed by atoms with Crippen molar-refractivity contribution in [1.82, 2.24) is 5.32 Å². The van der Waals surface area contributed by atoms with Crippen LogP contribution in [0.25, 0.3) is 0 Å². The molecular formula is C11H22FNO. The molecule has 0 aromatic rings. The van der Waals surface area contributed by atoms with Gasteiger partial charge in [0.2, 0.25) is 0 Å². The number of hydrogen-bond acceptors (Lipinski definition) is 2. The van der Waals surface area contributed by atoms with Crippen LogP contribution in [0.1, 0.15) is 32.6 Å². The molecule has 2 unspecified atom stereocenters. The van der Waals surface area contributed by atoms with Crippen molar-refractivity contribution in [3.05, 3.63) is 0 Å². The molecule has 1 rings (SSSR count). The van der Waals surface area contributed by atoms with Crippen molar-refractivity contribution in [2.24, 2.45) is 5.92 Å². The lowest BCUT2D eigenvalue weighted by molar-refractivity contribution is 0.0528. The molecule has 0 amide bonds. The highest BCUT2D eigenvalue weighted by Gasteiger charge is 2.35. The fraction of sp³-hybridized carbons (Fsp3) is 1.00. The van der Waals surface area contributed by atoms with Gasteiger partial charge in [-0.15, -0.1) is 0 Å². The summed E-state index contributed by atoms with van der Waals surface area (Å²) < 4.78 is 19.5. The van der Waals surface area contributed by atoms with Crippen molar-refractivity contribution >= 4 is 0 Å².